The first-order valence-electron chi connectivity index (χ1n) is 5.00. The Morgan fingerprint density at radius 1 is 1.47 bits per heavy atom. The van der Waals surface area contributed by atoms with Crippen LogP contribution in [0.1, 0.15) is 13.3 Å². The Morgan fingerprint density at radius 3 is 2.76 bits per heavy atom. The second-order valence-corrected chi connectivity index (χ2v) is 3.48. The molecule has 0 spiro atoms. The maximum atomic E-state index is 12.8. The molecule has 0 bridgehead atoms. The lowest BCUT2D eigenvalue weighted by atomic mass is 10.2. The summed E-state index contributed by atoms with van der Waals surface area (Å²) in [5, 5.41) is 8.36. The average Bonchev–Trinajstić information content (AvgIpc) is 2.23. The van der Waals surface area contributed by atoms with Gasteiger partial charge in [0.2, 0.25) is 0 Å². The summed E-state index contributed by atoms with van der Waals surface area (Å²) in [5.74, 6) is -2.74. The number of carboxylic acids is 1. The minimum absolute atomic E-state index is 0.208. The summed E-state index contributed by atoms with van der Waals surface area (Å²) in [6.07, 6.45) is 2.49. The molecular formula is C12H12F2O3. The lowest BCUT2D eigenvalue weighted by Crippen LogP contribution is -2.10. The van der Waals surface area contributed by atoms with Crippen molar-refractivity contribution in [1.82, 2.24) is 0 Å². The molecule has 1 unspecified atom stereocenters. The molecule has 1 rings (SSSR count). The van der Waals surface area contributed by atoms with Crippen molar-refractivity contribution in [3.8, 4) is 5.75 Å². The van der Waals surface area contributed by atoms with E-state index in [2.05, 4.69) is 0 Å². The number of carbonyl (C=O) groups is 1. The molecule has 1 aromatic carbocycles. The van der Waals surface area contributed by atoms with E-state index in [0.717, 1.165) is 18.2 Å². The molecule has 3 nitrogen and oxygen atoms in total. The maximum Gasteiger partial charge on any atom is 0.327 e. The highest BCUT2D eigenvalue weighted by Gasteiger charge is 2.06. The van der Waals surface area contributed by atoms with Crippen LogP contribution in [0.15, 0.2) is 30.4 Å². The number of halogens is 2. The molecular weight excluding hydrogens is 230 g/mol. The van der Waals surface area contributed by atoms with E-state index < -0.39 is 17.6 Å². The Morgan fingerprint density at radius 2 is 2.18 bits per heavy atom. The number of ether oxygens (including phenoxy) is 1. The summed E-state index contributed by atoms with van der Waals surface area (Å²) >= 11 is 0. The maximum absolute atomic E-state index is 12.8. The van der Waals surface area contributed by atoms with Crippen molar-refractivity contribution in [1.29, 1.82) is 0 Å². The van der Waals surface area contributed by atoms with Crippen molar-refractivity contribution in [2.45, 2.75) is 19.4 Å². The van der Waals surface area contributed by atoms with E-state index in [1.165, 1.54) is 12.1 Å². The fourth-order valence-corrected chi connectivity index (χ4v) is 1.19. The molecule has 0 aliphatic carbocycles. The van der Waals surface area contributed by atoms with E-state index in [-0.39, 0.29) is 11.9 Å². The third kappa shape index (κ3) is 4.63. The summed E-state index contributed by atoms with van der Waals surface area (Å²) in [7, 11) is 0. The van der Waals surface area contributed by atoms with E-state index >= 15 is 0 Å². The normalized spacial score (nSPS) is 12.6. The Hall–Kier alpha value is -1.91. The van der Waals surface area contributed by atoms with Gasteiger partial charge in [0.05, 0.1) is 6.10 Å². The number of hydrogen-bond acceptors (Lipinski definition) is 2. The number of benzene rings is 1. The zero-order valence-corrected chi connectivity index (χ0v) is 9.19. The van der Waals surface area contributed by atoms with Crippen LogP contribution in [-0.2, 0) is 4.79 Å². The highest BCUT2D eigenvalue weighted by Crippen LogP contribution is 2.17. The molecule has 0 amide bonds. The third-order valence-electron chi connectivity index (χ3n) is 1.96. The predicted octanol–water partition coefficient (Wildman–Crippen LogP) is 2.76. The number of aliphatic carboxylic acids is 1. The standard InChI is InChI=1S/C12H12F2O3/c1-8(3-2-4-12(15)16)17-9-5-6-10(13)11(14)7-9/h2,4-8H,3H2,1H3,(H,15,16)/b4-2+. The van der Waals surface area contributed by atoms with Crippen LogP contribution in [-0.4, -0.2) is 17.2 Å². The Labute approximate surface area is 97.3 Å². The quantitative estimate of drug-likeness (QED) is 0.807. The van der Waals surface area contributed by atoms with E-state index in [4.69, 9.17) is 9.84 Å². The molecule has 5 heteroatoms. The summed E-state index contributed by atoms with van der Waals surface area (Å²) in [5.41, 5.74) is 0. The molecule has 0 saturated heterocycles. The van der Waals surface area contributed by atoms with Crippen LogP contribution in [0.3, 0.4) is 0 Å². The molecule has 1 aromatic rings. The molecule has 92 valence electrons. The first-order chi connectivity index (χ1) is 7.99. The molecule has 0 aromatic heterocycles. The van der Waals surface area contributed by atoms with Crippen LogP contribution in [0.2, 0.25) is 0 Å². The van der Waals surface area contributed by atoms with Gasteiger partial charge in [0.15, 0.2) is 11.6 Å². The zero-order valence-electron chi connectivity index (χ0n) is 9.19. The molecule has 1 atom stereocenters. The monoisotopic (exact) mass is 242 g/mol. The van der Waals surface area contributed by atoms with E-state index in [0.29, 0.717) is 6.42 Å². The second kappa shape index (κ2) is 5.98. The number of carboxylic acid groups (broad SMARTS) is 1. The Balaban J connectivity index is 2.53. The minimum atomic E-state index is -1.04. The van der Waals surface area contributed by atoms with Crippen LogP contribution >= 0.6 is 0 Å². The molecule has 0 aliphatic rings. The lowest BCUT2D eigenvalue weighted by Gasteiger charge is -2.12. The fraction of sp³-hybridized carbons (Fsp3) is 0.250. The zero-order chi connectivity index (χ0) is 12.8. The molecule has 0 fully saturated rings. The minimum Gasteiger partial charge on any atom is -0.490 e. The number of hydrogen-bond donors (Lipinski definition) is 1. The van der Waals surface area contributed by atoms with Crippen molar-refractivity contribution in [2.75, 3.05) is 0 Å². The Kier molecular flexibility index (Phi) is 4.63. The van der Waals surface area contributed by atoms with E-state index in [1.807, 2.05) is 0 Å². The summed E-state index contributed by atoms with van der Waals surface area (Å²) in [6, 6.07) is 3.24. The Bertz CT molecular complexity index is 430. The van der Waals surface area contributed by atoms with Gasteiger partial charge in [0.25, 0.3) is 0 Å². The fourth-order valence-electron chi connectivity index (χ4n) is 1.19. The van der Waals surface area contributed by atoms with Gasteiger partial charge in [0.1, 0.15) is 5.75 Å². The molecule has 0 saturated carbocycles. The van der Waals surface area contributed by atoms with Crippen molar-refractivity contribution >= 4 is 5.97 Å². The van der Waals surface area contributed by atoms with Gasteiger partial charge in [-0.2, -0.15) is 0 Å². The van der Waals surface area contributed by atoms with Crippen LogP contribution < -0.4 is 4.74 Å². The first-order valence-corrected chi connectivity index (χ1v) is 5.00. The van der Waals surface area contributed by atoms with Gasteiger partial charge in [-0.05, 0) is 19.1 Å². The molecule has 0 heterocycles. The lowest BCUT2D eigenvalue weighted by molar-refractivity contribution is -0.131. The summed E-state index contributed by atoms with van der Waals surface area (Å²) in [4.78, 5) is 10.2. The van der Waals surface area contributed by atoms with Crippen molar-refractivity contribution < 1.29 is 23.4 Å². The van der Waals surface area contributed by atoms with Gasteiger partial charge in [0, 0.05) is 18.6 Å². The van der Waals surface area contributed by atoms with Gasteiger partial charge in [-0.15, -0.1) is 0 Å². The van der Waals surface area contributed by atoms with Gasteiger partial charge in [-0.1, -0.05) is 6.08 Å². The highest BCUT2D eigenvalue weighted by molar-refractivity contribution is 5.79. The van der Waals surface area contributed by atoms with E-state index in [1.54, 1.807) is 6.92 Å². The number of rotatable bonds is 5. The van der Waals surface area contributed by atoms with Crippen LogP contribution in [0.5, 0.6) is 5.75 Å². The van der Waals surface area contributed by atoms with Crippen molar-refractivity contribution in [2.24, 2.45) is 0 Å². The molecule has 0 aliphatic heterocycles. The summed E-state index contributed by atoms with van der Waals surface area (Å²) < 4.78 is 30.7. The van der Waals surface area contributed by atoms with E-state index in [9.17, 15) is 13.6 Å². The van der Waals surface area contributed by atoms with Gasteiger partial charge in [-0.3, -0.25) is 0 Å². The summed E-state index contributed by atoms with van der Waals surface area (Å²) in [6.45, 7) is 1.70. The van der Waals surface area contributed by atoms with Gasteiger partial charge < -0.3 is 9.84 Å². The second-order valence-electron chi connectivity index (χ2n) is 3.48. The largest absolute Gasteiger partial charge is 0.490 e. The topological polar surface area (TPSA) is 46.5 Å². The van der Waals surface area contributed by atoms with Crippen LogP contribution in [0, 0.1) is 11.6 Å². The first kappa shape index (κ1) is 13.2. The predicted molar refractivity (Wildman–Crippen MR) is 57.8 cm³/mol. The molecule has 17 heavy (non-hydrogen) atoms. The van der Waals surface area contributed by atoms with Gasteiger partial charge >= 0.3 is 5.97 Å². The SMILES string of the molecule is CC(C/C=C/C(=O)O)Oc1ccc(F)c(F)c1. The van der Waals surface area contributed by atoms with Crippen molar-refractivity contribution in [3.63, 3.8) is 0 Å². The van der Waals surface area contributed by atoms with Crippen LogP contribution in [0.25, 0.3) is 0 Å². The van der Waals surface area contributed by atoms with Crippen LogP contribution in [0.4, 0.5) is 8.78 Å². The third-order valence-corrected chi connectivity index (χ3v) is 1.96. The average molecular weight is 242 g/mol. The van der Waals surface area contributed by atoms with Gasteiger partial charge in [-0.25, -0.2) is 13.6 Å². The molecule has 0 radical (unpaired) electrons. The van der Waals surface area contributed by atoms with Crippen molar-refractivity contribution in [3.05, 3.63) is 42.0 Å². The molecule has 1 N–H and O–H groups in total. The highest BCUT2D eigenvalue weighted by atomic mass is 19.2. The smallest absolute Gasteiger partial charge is 0.327 e.